The van der Waals surface area contributed by atoms with Crippen molar-refractivity contribution in [2.75, 3.05) is 0 Å². The number of amides is 1. The van der Waals surface area contributed by atoms with Gasteiger partial charge in [-0.3, -0.25) is 4.79 Å². The Labute approximate surface area is 120 Å². The number of aliphatic carboxylic acids is 1. The van der Waals surface area contributed by atoms with E-state index in [9.17, 15) is 9.59 Å². The highest BCUT2D eigenvalue weighted by Crippen LogP contribution is 2.33. The second-order valence-electron chi connectivity index (χ2n) is 5.01. The Morgan fingerprint density at radius 3 is 2.68 bits per heavy atom. The number of hydrogen-bond acceptors (Lipinski definition) is 2. The van der Waals surface area contributed by atoms with Crippen LogP contribution in [0.3, 0.4) is 0 Å². The van der Waals surface area contributed by atoms with Crippen molar-refractivity contribution >= 4 is 27.8 Å². The number of halogens is 1. The Morgan fingerprint density at radius 1 is 1.47 bits per heavy atom. The zero-order chi connectivity index (χ0) is 14.0. The largest absolute Gasteiger partial charge is 0.480 e. The Kier molecular flexibility index (Phi) is 4.24. The van der Waals surface area contributed by atoms with Crippen molar-refractivity contribution in [2.24, 2.45) is 5.92 Å². The molecule has 1 amide bonds. The molecule has 0 aliphatic heterocycles. The van der Waals surface area contributed by atoms with Crippen molar-refractivity contribution in [3.63, 3.8) is 0 Å². The van der Waals surface area contributed by atoms with Gasteiger partial charge in [0, 0.05) is 10.0 Å². The van der Waals surface area contributed by atoms with Gasteiger partial charge in [0.25, 0.3) is 5.91 Å². The van der Waals surface area contributed by atoms with Gasteiger partial charge in [-0.1, -0.05) is 34.8 Å². The maximum absolute atomic E-state index is 12.0. The summed E-state index contributed by atoms with van der Waals surface area (Å²) in [4.78, 5) is 23.2. The summed E-state index contributed by atoms with van der Waals surface area (Å²) in [5.74, 6) is -0.855. The first kappa shape index (κ1) is 14.1. The van der Waals surface area contributed by atoms with Crippen LogP contribution in [-0.2, 0) is 4.79 Å². The number of aryl methyl sites for hydroxylation is 1. The van der Waals surface area contributed by atoms with E-state index in [2.05, 4.69) is 21.2 Å². The van der Waals surface area contributed by atoms with Gasteiger partial charge in [-0.05, 0) is 37.0 Å². The van der Waals surface area contributed by atoms with Crippen molar-refractivity contribution in [1.82, 2.24) is 5.32 Å². The average Bonchev–Trinajstić information content (AvgIpc) is 3.15. The molecule has 1 aromatic rings. The maximum atomic E-state index is 12.0. The highest BCUT2D eigenvalue weighted by molar-refractivity contribution is 9.10. The Bertz CT molecular complexity index is 511. The standard InChI is InChI=1S/C14H16BrNO3/c1-8-2-5-10(7-11(8)15)13(17)16-12(14(18)19)6-9-3-4-9/h2,5,7,9,12H,3-4,6H2,1H3,(H,16,17)(H,18,19). The van der Waals surface area contributed by atoms with Gasteiger partial charge >= 0.3 is 5.97 Å². The van der Waals surface area contributed by atoms with Crippen LogP contribution >= 0.6 is 15.9 Å². The lowest BCUT2D eigenvalue weighted by Gasteiger charge is -2.14. The Morgan fingerprint density at radius 2 is 2.16 bits per heavy atom. The zero-order valence-corrected chi connectivity index (χ0v) is 12.2. The summed E-state index contributed by atoms with van der Waals surface area (Å²) in [6.07, 6.45) is 2.65. The Balaban J connectivity index is 2.05. The third-order valence-corrected chi connectivity index (χ3v) is 4.16. The number of carboxylic acids is 1. The molecule has 1 fully saturated rings. The fourth-order valence-electron chi connectivity index (χ4n) is 1.88. The molecule has 102 valence electrons. The summed E-state index contributed by atoms with van der Waals surface area (Å²) in [5, 5.41) is 11.7. The highest BCUT2D eigenvalue weighted by atomic mass is 79.9. The molecule has 5 heteroatoms. The highest BCUT2D eigenvalue weighted by Gasteiger charge is 2.30. The van der Waals surface area contributed by atoms with Gasteiger partial charge in [0.15, 0.2) is 0 Å². The van der Waals surface area contributed by atoms with Crippen LogP contribution in [-0.4, -0.2) is 23.0 Å². The lowest BCUT2D eigenvalue weighted by Crippen LogP contribution is -2.41. The van der Waals surface area contributed by atoms with Gasteiger partial charge in [-0.15, -0.1) is 0 Å². The van der Waals surface area contributed by atoms with Gasteiger partial charge in [0.2, 0.25) is 0 Å². The number of carbonyl (C=O) groups is 2. The first-order valence-corrected chi connectivity index (χ1v) is 7.06. The van der Waals surface area contributed by atoms with Crippen LogP contribution in [0.1, 0.15) is 35.2 Å². The molecule has 0 bridgehead atoms. The van der Waals surface area contributed by atoms with Crippen LogP contribution in [0, 0.1) is 12.8 Å². The number of nitrogens with one attached hydrogen (secondary N) is 1. The maximum Gasteiger partial charge on any atom is 0.326 e. The molecule has 2 N–H and O–H groups in total. The molecule has 1 unspecified atom stereocenters. The SMILES string of the molecule is Cc1ccc(C(=O)NC(CC2CC2)C(=O)O)cc1Br. The van der Waals surface area contributed by atoms with Crippen molar-refractivity contribution in [3.8, 4) is 0 Å². The van der Waals surface area contributed by atoms with Gasteiger partial charge in [0.1, 0.15) is 6.04 Å². The molecule has 0 saturated heterocycles. The van der Waals surface area contributed by atoms with E-state index in [1.807, 2.05) is 13.0 Å². The average molecular weight is 326 g/mol. The van der Waals surface area contributed by atoms with Crippen LogP contribution < -0.4 is 5.32 Å². The minimum absolute atomic E-state index is 0.339. The molecule has 1 aromatic carbocycles. The van der Waals surface area contributed by atoms with Gasteiger partial charge < -0.3 is 10.4 Å². The molecule has 1 atom stereocenters. The lowest BCUT2D eigenvalue weighted by molar-refractivity contribution is -0.139. The van der Waals surface area contributed by atoms with Gasteiger partial charge in [0.05, 0.1) is 0 Å². The molecule has 2 rings (SSSR count). The second kappa shape index (κ2) is 5.74. The van der Waals surface area contributed by atoms with Crippen molar-refractivity contribution < 1.29 is 14.7 Å². The smallest absolute Gasteiger partial charge is 0.326 e. The van der Waals surface area contributed by atoms with Crippen LogP contribution in [0.15, 0.2) is 22.7 Å². The molecular formula is C14H16BrNO3. The van der Waals surface area contributed by atoms with Crippen molar-refractivity contribution in [3.05, 3.63) is 33.8 Å². The normalized spacial score (nSPS) is 15.9. The molecule has 1 aliphatic rings. The first-order chi connectivity index (χ1) is 8.97. The zero-order valence-electron chi connectivity index (χ0n) is 10.6. The van der Waals surface area contributed by atoms with Crippen LogP contribution in [0.2, 0.25) is 0 Å². The second-order valence-corrected chi connectivity index (χ2v) is 5.86. The van der Waals surface area contributed by atoms with Crippen LogP contribution in [0.5, 0.6) is 0 Å². The van der Waals surface area contributed by atoms with Crippen molar-refractivity contribution in [1.29, 1.82) is 0 Å². The van der Waals surface area contributed by atoms with Crippen molar-refractivity contribution in [2.45, 2.75) is 32.2 Å². The molecule has 1 saturated carbocycles. The third kappa shape index (κ3) is 3.80. The minimum atomic E-state index is -0.966. The monoisotopic (exact) mass is 325 g/mol. The molecule has 1 aliphatic carbocycles. The van der Waals surface area contributed by atoms with Gasteiger partial charge in [-0.2, -0.15) is 0 Å². The molecule has 4 nitrogen and oxygen atoms in total. The number of carbonyl (C=O) groups excluding carboxylic acids is 1. The van der Waals surface area contributed by atoms with Gasteiger partial charge in [-0.25, -0.2) is 4.79 Å². The topological polar surface area (TPSA) is 66.4 Å². The summed E-state index contributed by atoms with van der Waals surface area (Å²) >= 11 is 3.36. The Hall–Kier alpha value is -1.36. The summed E-state index contributed by atoms with van der Waals surface area (Å²) in [7, 11) is 0. The van der Waals surface area contributed by atoms with Crippen LogP contribution in [0.4, 0.5) is 0 Å². The first-order valence-electron chi connectivity index (χ1n) is 6.27. The fourth-order valence-corrected chi connectivity index (χ4v) is 2.26. The minimum Gasteiger partial charge on any atom is -0.480 e. The molecule has 19 heavy (non-hydrogen) atoms. The van der Waals surface area contributed by atoms with E-state index in [0.717, 1.165) is 22.9 Å². The molecule has 0 spiro atoms. The van der Waals surface area contributed by atoms with E-state index in [1.54, 1.807) is 12.1 Å². The van der Waals surface area contributed by atoms with E-state index in [-0.39, 0.29) is 5.91 Å². The summed E-state index contributed by atoms with van der Waals surface area (Å²) in [6.45, 7) is 1.93. The number of rotatable bonds is 5. The summed E-state index contributed by atoms with van der Waals surface area (Å²) < 4.78 is 0.842. The number of hydrogen-bond donors (Lipinski definition) is 2. The molecule has 0 heterocycles. The van der Waals surface area contributed by atoms with E-state index < -0.39 is 12.0 Å². The molecule has 0 aromatic heterocycles. The fraction of sp³-hybridized carbons (Fsp3) is 0.429. The summed E-state index contributed by atoms with van der Waals surface area (Å²) in [6, 6.07) is 4.45. The summed E-state index contributed by atoms with van der Waals surface area (Å²) in [5.41, 5.74) is 1.50. The number of benzene rings is 1. The molecule has 0 radical (unpaired) electrons. The van der Waals surface area contributed by atoms with E-state index in [4.69, 9.17) is 5.11 Å². The van der Waals surface area contributed by atoms with E-state index in [0.29, 0.717) is 17.9 Å². The van der Waals surface area contributed by atoms with E-state index >= 15 is 0 Å². The van der Waals surface area contributed by atoms with Crippen LogP contribution in [0.25, 0.3) is 0 Å². The third-order valence-electron chi connectivity index (χ3n) is 3.30. The lowest BCUT2D eigenvalue weighted by atomic mass is 10.1. The quantitative estimate of drug-likeness (QED) is 0.874. The molecular weight excluding hydrogens is 310 g/mol. The predicted molar refractivity (Wildman–Crippen MR) is 75.1 cm³/mol. The number of carboxylic acid groups (broad SMARTS) is 1. The van der Waals surface area contributed by atoms with E-state index in [1.165, 1.54) is 0 Å². The predicted octanol–water partition coefficient (Wildman–Crippen LogP) is 2.74.